The normalized spacial score (nSPS) is 13.3. The number of hydrogen-bond acceptors (Lipinski definition) is 6. The van der Waals surface area contributed by atoms with Crippen molar-refractivity contribution < 1.29 is 14.3 Å². The largest absolute Gasteiger partial charge is 0.376 e. The van der Waals surface area contributed by atoms with E-state index in [9.17, 15) is 4.79 Å². The van der Waals surface area contributed by atoms with Gasteiger partial charge in [0.15, 0.2) is 5.78 Å². The predicted molar refractivity (Wildman–Crippen MR) is 98.5 cm³/mol. The number of methoxy groups -OCH3 is 1. The molecule has 0 bridgehead atoms. The number of carbonyl (C=O) groups excluding carboxylic acids is 1. The molecule has 0 heterocycles. The van der Waals surface area contributed by atoms with Gasteiger partial charge in [0.25, 0.3) is 0 Å². The van der Waals surface area contributed by atoms with Gasteiger partial charge in [-0.15, -0.1) is 11.8 Å². The van der Waals surface area contributed by atoms with Crippen LogP contribution in [0.4, 0.5) is 0 Å². The van der Waals surface area contributed by atoms with Gasteiger partial charge in [-0.3, -0.25) is 4.79 Å². The highest BCUT2D eigenvalue weighted by Gasteiger charge is 2.42. The molecule has 124 valence electrons. The summed E-state index contributed by atoms with van der Waals surface area (Å²) in [5.41, 5.74) is -1.29. The second-order valence-electron chi connectivity index (χ2n) is 6.39. The highest BCUT2D eigenvalue weighted by atomic mass is 32.2. The summed E-state index contributed by atoms with van der Waals surface area (Å²) in [6, 6.07) is 0. The zero-order valence-corrected chi connectivity index (χ0v) is 16.8. The molecule has 0 N–H and O–H groups in total. The molecule has 0 aromatic heterocycles. The molecule has 0 saturated heterocycles. The summed E-state index contributed by atoms with van der Waals surface area (Å²) >= 11 is 8.32. The average Bonchev–Trinajstić information content (AvgIpc) is 2.35. The summed E-state index contributed by atoms with van der Waals surface area (Å²) < 4.78 is 11.4. The second kappa shape index (κ2) is 8.29. The van der Waals surface area contributed by atoms with Crippen LogP contribution in [-0.2, 0) is 14.3 Å². The second-order valence-corrected chi connectivity index (χ2v) is 10.5. The van der Waals surface area contributed by atoms with Crippen LogP contribution in [0, 0.1) is 0 Å². The van der Waals surface area contributed by atoms with Crippen LogP contribution in [-0.4, -0.2) is 44.7 Å². The Balaban J connectivity index is 4.82. The lowest BCUT2D eigenvalue weighted by molar-refractivity contribution is -0.152. The van der Waals surface area contributed by atoms with Crippen molar-refractivity contribution in [3.63, 3.8) is 0 Å². The first-order valence-corrected chi connectivity index (χ1v) is 9.19. The molecule has 3 nitrogen and oxygen atoms in total. The number of thioether (sulfide) groups is 2. The van der Waals surface area contributed by atoms with E-state index in [1.54, 1.807) is 32.7 Å². The summed E-state index contributed by atoms with van der Waals surface area (Å²) in [6.45, 7) is 13.7. The van der Waals surface area contributed by atoms with Gasteiger partial charge in [0, 0.05) is 7.11 Å². The Bertz CT molecular complexity index is 376. The van der Waals surface area contributed by atoms with Gasteiger partial charge in [0.1, 0.15) is 9.13 Å². The lowest BCUT2D eigenvalue weighted by atomic mass is 9.93. The smallest absolute Gasteiger partial charge is 0.179 e. The minimum Gasteiger partial charge on any atom is -0.376 e. The van der Waals surface area contributed by atoms with E-state index in [4.69, 9.17) is 21.7 Å². The molecule has 21 heavy (non-hydrogen) atoms. The Hall–Kier alpha value is 0.380. The first kappa shape index (κ1) is 21.4. The maximum absolute atomic E-state index is 12.8. The highest BCUT2D eigenvalue weighted by molar-refractivity contribution is 8.47. The van der Waals surface area contributed by atoms with Crippen molar-refractivity contribution in [1.29, 1.82) is 0 Å². The zero-order chi connectivity index (χ0) is 16.9. The van der Waals surface area contributed by atoms with Crippen LogP contribution in [0.3, 0.4) is 0 Å². The molecule has 0 radical (unpaired) electrons. The quantitative estimate of drug-likeness (QED) is 0.605. The Labute approximate surface area is 143 Å². The molecule has 0 aliphatic carbocycles. The molecule has 0 unspecified atom stereocenters. The standard InChI is InChI=1S/C15H28O3S3/c1-9-20-12(19)21-15(6,7)11(16)14(4,5)18-10-13(2,3)17-8/h9-10H2,1-8H3. The number of rotatable bonds is 8. The van der Waals surface area contributed by atoms with Crippen molar-refractivity contribution >= 4 is 45.1 Å². The van der Waals surface area contributed by atoms with E-state index in [2.05, 4.69) is 0 Å². The van der Waals surface area contributed by atoms with Gasteiger partial charge in [-0.05, 0) is 47.3 Å². The zero-order valence-electron chi connectivity index (χ0n) is 14.4. The number of ketones is 1. The molecule has 0 aromatic carbocycles. The van der Waals surface area contributed by atoms with Crippen molar-refractivity contribution in [1.82, 2.24) is 0 Å². The minimum absolute atomic E-state index is 0.0333. The van der Waals surface area contributed by atoms with Gasteiger partial charge in [-0.2, -0.15) is 0 Å². The SMILES string of the molecule is CCSC(=S)SC(C)(C)C(=O)C(C)(C)OCC(C)(C)OC. The molecule has 0 saturated carbocycles. The monoisotopic (exact) mass is 352 g/mol. The Morgan fingerprint density at radius 3 is 2.10 bits per heavy atom. The molecule has 0 rings (SSSR count). The molecule has 0 aliphatic heterocycles. The highest BCUT2D eigenvalue weighted by Crippen LogP contribution is 2.35. The van der Waals surface area contributed by atoms with Crippen molar-refractivity contribution in [3.05, 3.63) is 0 Å². The van der Waals surface area contributed by atoms with Gasteiger partial charge in [0.2, 0.25) is 0 Å². The maximum atomic E-state index is 12.8. The number of carbonyl (C=O) groups is 1. The van der Waals surface area contributed by atoms with Crippen molar-refractivity contribution in [2.75, 3.05) is 19.5 Å². The molecule has 0 aliphatic rings. The third-order valence-electron chi connectivity index (χ3n) is 3.03. The minimum atomic E-state index is -0.876. The topological polar surface area (TPSA) is 35.5 Å². The van der Waals surface area contributed by atoms with E-state index in [1.807, 2.05) is 34.6 Å². The number of hydrogen-bond donors (Lipinski definition) is 0. The Morgan fingerprint density at radius 2 is 1.67 bits per heavy atom. The van der Waals surface area contributed by atoms with E-state index in [1.165, 1.54) is 11.8 Å². The molecule has 0 atom stereocenters. The summed E-state index contributed by atoms with van der Waals surface area (Å²) in [7, 11) is 1.64. The van der Waals surface area contributed by atoms with Crippen molar-refractivity contribution in [2.45, 2.75) is 64.4 Å². The van der Waals surface area contributed by atoms with Crippen LogP contribution < -0.4 is 0 Å². The van der Waals surface area contributed by atoms with E-state index in [0.717, 1.165) is 9.28 Å². The van der Waals surface area contributed by atoms with Gasteiger partial charge >= 0.3 is 0 Å². The molecule has 0 amide bonds. The average molecular weight is 353 g/mol. The third kappa shape index (κ3) is 7.46. The fraction of sp³-hybridized carbons (Fsp3) is 0.867. The van der Waals surface area contributed by atoms with Crippen LogP contribution >= 0.6 is 35.7 Å². The van der Waals surface area contributed by atoms with Crippen molar-refractivity contribution in [3.8, 4) is 0 Å². The van der Waals surface area contributed by atoms with Crippen LogP contribution in [0.2, 0.25) is 0 Å². The van der Waals surface area contributed by atoms with E-state index in [0.29, 0.717) is 6.61 Å². The number of ether oxygens (including phenoxy) is 2. The molecule has 6 heteroatoms. The van der Waals surface area contributed by atoms with Crippen molar-refractivity contribution in [2.24, 2.45) is 0 Å². The summed E-state index contributed by atoms with van der Waals surface area (Å²) in [6.07, 6.45) is 0. The van der Waals surface area contributed by atoms with Gasteiger partial charge in [-0.25, -0.2) is 0 Å². The lowest BCUT2D eigenvalue weighted by Crippen LogP contribution is -2.48. The van der Waals surface area contributed by atoms with Gasteiger partial charge in [-0.1, -0.05) is 30.9 Å². The molecular formula is C15H28O3S3. The fourth-order valence-electron chi connectivity index (χ4n) is 1.61. The number of Topliss-reactive ketones (excluding diaryl/α,β-unsaturated/α-hetero) is 1. The molecule has 0 fully saturated rings. The molecular weight excluding hydrogens is 324 g/mol. The van der Waals surface area contributed by atoms with Crippen LogP contribution in [0.1, 0.15) is 48.5 Å². The summed E-state index contributed by atoms with van der Waals surface area (Å²) in [5.74, 6) is 0.948. The first-order valence-electron chi connectivity index (χ1n) is 6.98. The molecule has 0 spiro atoms. The maximum Gasteiger partial charge on any atom is 0.179 e. The van der Waals surface area contributed by atoms with Crippen LogP contribution in [0.5, 0.6) is 0 Å². The van der Waals surface area contributed by atoms with Gasteiger partial charge < -0.3 is 9.47 Å². The van der Waals surface area contributed by atoms with Crippen LogP contribution in [0.15, 0.2) is 0 Å². The van der Waals surface area contributed by atoms with E-state index < -0.39 is 15.9 Å². The number of thiocarbonyl (C=S) groups is 1. The Morgan fingerprint density at radius 1 is 1.14 bits per heavy atom. The predicted octanol–water partition coefficient (Wildman–Crippen LogP) is 4.33. The third-order valence-corrected chi connectivity index (χ3v) is 5.62. The lowest BCUT2D eigenvalue weighted by Gasteiger charge is -2.35. The summed E-state index contributed by atoms with van der Waals surface area (Å²) in [5, 5.41) is 0. The van der Waals surface area contributed by atoms with E-state index >= 15 is 0 Å². The first-order chi connectivity index (χ1) is 9.38. The molecule has 0 aromatic rings. The Kier molecular flexibility index (Phi) is 8.44. The summed E-state index contributed by atoms with van der Waals surface area (Å²) in [4.78, 5) is 12.8. The fourth-order valence-corrected chi connectivity index (χ4v) is 4.79. The van der Waals surface area contributed by atoms with Crippen LogP contribution in [0.25, 0.3) is 0 Å². The van der Waals surface area contributed by atoms with E-state index in [-0.39, 0.29) is 5.78 Å². The van der Waals surface area contributed by atoms with Gasteiger partial charge in [0.05, 0.1) is 17.0 Å².